The lowest BCUT2D eigenvalue weighted by Crippen LogP contribution is -2.39. The van der Waals surface area contributed by atoms with Crippen molar-refractivity contribution in [3.63, 3.8) is 0 Å². The summed E-state index contributed by atoms with van der Waals surface area (Å²) in [4.78, 5) is 22.3. The molecule has 0 fully saturated rings. The van der Waals surface area contributed by atoms with Crippen molar-refractivity contribution in [2.24, 2.45) is 0 Å². The molecule has 1 atom stereocenters. The van der Waals surface area contributed by atoms with Gasteiger partial charge in [0, 0.05) is 6.04 Å². The minimum Gasteiger partial charge on any atom is -0.353 e. The van der Waals surface area contributed by atoms with Crippen molar-refractivity contribution in [2.45, 2.75) is 38.6 Å². The molecule has 0 radical (unpaired) electrons. The standard InChI is InChI=1S/C14H17NO2/c1-10(16)8-14(17)15-13-7-6-11-4-2-3-5-12(11)9-13/h2-5,13H,6-9H2,1H3,(H,15,17). The maximum absolute atomic E-state index is 11.5. The molecule has 17 heavy (non-hydrogen) atoms. The van der Waals surface area contributed by atoms with E-state index in [9.17, 15) is 9.59 Å². The molecule has 0 bridgehead atoms. The predicted molar refractivity (Wildman–Crippen MR) is 65.7 cm³/mol. The number of carbonyl (C=O) groups is 2. The van der Waals surface area contributed by atoms with Crippen LogP contribution in [0.4, 0.5) is 0 Å². The molecule has 0 aliphatic heterocycles. The minimum atomic E-state index is -0.151. The zero-order valence-electron chi connectivity index (χ0n) is 10.0. The first-order valence-electron chi connectivity index (χ1n) is 6.00. The van der Waals surface area contributed by atoms with Crippen LogP contribution in [0, 0.1) is 0 Å². The first-order chi connectivity index (χ1) is 8.15. The van der Waals surface area contributed by atoms with Gasteiger partial charge in [-0.25, -0.2) is 0 Å². The Morgan fingerprint density at radius 1 is 1.29 bits per heavy atom. The van der Waals surface area contributed by atoms with E-state index in [1.165, 1.54) is 18.1 Å². The van der Waals surface area contributed by atoms with E-state index in [-0.39, 0.29) is 24.2 Å². The predicted octanol–water partition coefficient (Wildman–Crippen LogP) is 1.64. The molecule has 0 spiro atoms. The molecule has 1 unspecified atom stereocenters. The molecule has 3 heteroatoms. The number of benzene rings is 1. The molecule has 2 rings (SSSR count). The highest BCUT2D eigenvalue weighted by atomic mass is 16.2. The summed E-state index contributed by atoms with van der Waals surface area (Å²) >= 11 is 0. The van der Waals surface area contributed by atoms with Gasteiger partial charge in [0.15, 0.2) is 0 Å². The molecular formula is C14H17NO2. The van der Waals surface area contributed by atoms with Crippen LogP contribution in [0.5, 0.6) is 0 Å². The summed E-state index contributed by atoms with van der Waals surface area (Å²) in [5, 5.41) is 2.93. The first-order valence-corrected chi connectivity index (χ1v) is 6.00. The highest BCUT2D eigenvalue weighted by Gasteiger charge is 2.19. The van der Waals surface area contributed by atoms with Crippen LogP contribution in [-0.4, -0.2) is 17.7 Å². The van der Waals surface area contributed by atoms with Crippen LogP contribution in [0.2, 0.25) is 0 Å². The fraction of sp³-hybridized carbons (Fsp3) is 0.429. The number of hydrogen-bond acceptors (Lipinski definition) is 2. The molecule has 3 nitrogen and oxygen atoms in total. The smallest absolute Gasteiger partial charge is 0.227 e. The molecule has 0 saturated heterocycles. The van der Waals surface area contributed by atoms with Crippen molar-refractivity contribution in [3.05, 3.63) is 35.4 Å². The summed E-state index contributed by atoms with van der Waals surface area (Å²) in [6.45, 7) is 1.44. The lowest BCUT2D eigenvalue weighted by molar-refractivity contribution is -0.127. The van der Waals surface area contributed by atoms with Gasteiger partial charge in [-0.05, 0) is 37.3 Å². The average Bonchev–Trinajstić information content (AvgIpc) is 2.27. The summed E-state index contributed by atoms with van der Waals surface area (Å²) < 4.78 is 0. The summed E-state index contributed by atoms with van der Waals surface area (Å²) in [5.41, 5.74) is 2.69. The zero-order chi connectivity index (χ0) is 12.3. The van der Waals surface area contributed by atoms with Crippen LogP contribution in [0.3, 0.4) is 0 Å². The summed E-state index contributed by atoms with van der Waals surface area (Å²) in [6.07, 6.45) is 2.83. The van der Waals surface area contributed by atoms with Crippen LogP contribution in [-0.2, 0) is 22.4 Å². The number of nitrogens with one attached hydrogen (secondary N) is 1. The fourth-order valence-electron chi connectivity index (χ4n) is 2.33. The van der Waals surface area contributed by atoms with Crippen molar-refractivity contribution in [1.29, 1.82) is 0 Å². The Morgan fingerprint density at radius 2 is 2.00 bits per heavy atom. The molecule has 1 aliphatic carbocycles. The second-order valence-electron chi connectivity index (χ2n) is 4.65. The molecule has 0 saturated carbocycles. The Kier molecular flexibility index (Phi) is 3.57. The Balaban J connectivity index is 1.94. The van der Waals surface area contributed by atoms with Crippen LogP contribution in [0.1, 0.15) is 30.9 Å². The van der Waals surface area contributed by atoms with Crippen molar-refractivity contribution in [2.75, 3.05) is 0 Å². The van der Waals surface area contributed by atoms with E-state index in [1.54, 1.807) is 0 Å². The van der Waals surface area contributed by atoms with Gasteiger partial charge in [0.2, 0.25) is 5.91 Å². The number of ketones is 1. The van der Waals surface area contributed by atoms with Crippen LogP contribution < -0.4 is 5.32 Å². The third-order valence-electron chi connectivity index (χ3n) is 3.12. The first kappa shape index (κ1) is 11.8. The largest absolute Gasteiger partial charge is 0.353 e. The van der Waals surface area contributed by atoms with Crippen molar-refractivity contribution in [3.8, 4) is 0 Å². The molecule has 1 aromatic rings. The van der Waals surface area contributed by atoms with E-state index in [2.05, 4.69) is 17.4 Å². The topological polar surface area (TPSA) is 46.2 Å². The Labute approximate surface area is 101 Å². The van der Waals surface area contributed by atoms with E-state index >= 15 is 0 Å². The lowest BCUT2D eigenvalue weighted by atomic mass is 9.88. The van der Waals surface area contributed by atoms with E-state index in [1.807, 2.05) is 12.1 Å². The number of hydrogen-bond donors (Lipinski definition) is 1. The summed E-state index contributed by atoms with van der Waals surface area (Å²) in [7, 11) is 0. The Morgan fingerprint density at radius 3 is 2.71 bits per heavy atom. The van der Waals surface area contributed by atoms with Crippen LogP contribution in [0.25, 0.3) is 0 Å². The molecular weight excluding hydrogens is 214 g/mol. The van der Waals surface area contributed by atoms with Gasteiger partial charge in [-0.15, -0.1) is 0 Å². The second-order valence-corrected chi connectivity index (χ2v) is 4.65. The quantitative estimate of drug-likeness (QED) is 0.804. The average molecular weight is 231 g/mol. The van der Waals surface area contributed by atoms with E-state index in [0.29, 0.717) is 0 Å². The van der Waals surface area contributed by atoms with Gasteiger partial charge >= 0.3 is 0 Å². The van der Waals surface area contributed by atoms with E-state index in [0.717, 1.165) is 19.3 Å². The highest BCUT2D eigenvalue weighted by molar-refractivity contribution is 5.96. The SMILES string of the molecule is CC(=O)CC(=O)NC1CCc2ccccc2C1. The number of Topliss-reactive ketones (excluding diaryl/α,β-unsaturated/α-hetero) is 1. The number of rotatable bonds is 3. The molecule has 1 aliphatic rings. The number of amides is 1. The third kappa shape index (κ3) is 3.16. The van der Waals surface area contributed by atoms with Gasteiger partial charge in [0.05, 0.1) is 6.42 Å². The number of fused-ring (bicyclic) bond motifs is 1. The molecule has 1 N–H and O–H groups in total. The highest BCUT2D eigenvalue weighted by Crippen LogP contribution is 2.20. The van der Waals surface area contributed by atoms with Crippen molar-refractivity contribution >= 4 is 11.7 Å². The molecule has 0 heterocycles. The van der Waals surface area contributed by atoms with E-state index in [4.69, 9.17) is 0 Å². The molecule has 1 amide bonds. The maximum atomic E-state index is 11.5. The molecule has 0 aromatic heterocycles. The fourth-order valence-corrected chi connectivity index (χ4v) is 2.33. The molecule has 90 valence electrons. The van der Waals surface area contributed by atoms with Crippen LogP contribution in [0.15, 0.2) is 24.3 Å². The van der Waals surface area contributed by atoms with Gasteiger partial charge in [-0.2, -0.15) is 0 Å². The van der Waals surface area contributed by atoms with Gasteiger partial charge in [-0.1, -0.05) is 24.3 Å². The van der Waals surface area contributed by atoms with Gasteiger partial charge in [0.1, 0.15) is 5.78 Å². The van der Waals surface area contributed by atoms with Gasteiger partial charge < -0.3 is 5.32 Å². The van der Waals surface area contributed by atoms with Gasteiger partial charge in [-0.3, -0.25) is 9.59 Å². The van der Waals surface area contributed by atoms with Crippen molar-refractivity contribution in [1.82, 2.24) is 5.32 Å². The summed E-state index contributed by atoms with van der Waals surface area (Å²) in [6, 6.07) is 8.50. The number of aryl methyl sites for hydroxylation is 1. The van der Waals surface area contributed by atoms with Crippen molar-refractivity contribution < 1.29 is 9.59 Å². The third-order valence-corrected chi connectivity index (χ3v) is 3.12. The van der Waals surface area contributed by atoms with E-state index < -0.39 is 0 Å². The zero-order valence-corrected chi connectivity index (χ0v) is 10.0. The van der Waals surface area contributed by atoms with Crippen LogP contribution >= 0.6 is 0 Å². The summed E-state index contributed by atoms with van der Waals surface area (Å²) in [5.74, 6) is -0.236. The van der Waals surface area contributed by atoms with Gasteiger partial charge in [0.25, 0.3) is 0 Å². The monoisotopic (exact) mass is 231 g/mol. The normalized spacial score (nSPS) is 18.3. The Hall–Kier alpha value is -1.64. The lowest BCUT2D eigenvalue weighted by Gasteiger charge is -2.25. The number of carbonyl (C=O) groups excluding carboxylic acids is 2. The Bertz CT molecular complexity index is 440. The molecule has 1 aromatic carbocycles. The minimum absolute atomic E-state index is 0.00184. The second kappa shape index (κ2) is 5.13. The maximum Gasteiger partial charge on any atom is 0.227 e.